The third-order valence-corrected chi connectivity index (χ3v) is 4.82. The van der Waals surface area contributed by atoms with Crippen molar-refractivity contribution >= 4 is 15.6 Å². The molecule has 0 spiro atoms. The normalized spacial score (nSPS) is 14.0. The summed E-state index contributed by atoms with van der Waals surface area (Å²) in [6.45, 7) is 5.53. The van der Waals surface area contributed by atoms with E-state index in [0.717, 1.165) is 25.7 Å². The van der Waals surface area contributed by atoms with E-state index in [1.807, 2.05) is 12.1 Å². The van der Waals surface area contributed by atoms with Gasteiger partial charge in [-0.3, -0.25) is 0 Å². The Balaban J connectivity index is 2.97. The van der Waals surface area contributed by atoms with Crippen LogP contribution in [0.25, 0.3) is 0 Å². The lowest BCUT2D eigenvalue weighted by atomic mass is 10.3. The lowest BCUT2D eigenvalue weighted by Gasteiger charge is -2.12. The number of nitrogens with zero attached hydrogens (tertiary/aromatic N) is 1. The Morgan fingerprint density at radius 2 is 2.00 bits per heavy atom. The number of nitrogens with two attached hydrogens (primary N) is 1. The molecular formula is C14H25N3OS. The number of hydrogen-bond acceptors (Lipinski definition) is 3. The van der Waals surface area contributed by atoms with Crippen LogP contribution in [0.5, 0.6) is 0 Å². The molecular weight excluding hydrogens is 258 g/mol. The summed E-state index contributed by atoms with van der Waals surface area (Å²) in [4.78, 5) is 0.680. The molecule has 1 unspecified atom stereocenters. The monoisotopic (exact) mass is 283 g/mol. The SMILES string of the molecule is CCCCN=S(=O)(NCCCC)c1cccc(N)c1. The molecule has 0 aliphatic heterocycles. The Morgan fingerprint density at radius 3 is 2.63 bits per heavy atom. The summed E-state index contributed by atoms with van der Waals surface area (Å²) in [7, 11) is -2.54. The molecule has 1 aromatic rings. The van der Waals surface area contributed by atoms with Gasteiger partial charge >= 0.3 is 0 Å². The number of rotatable bonds is 8. The molecule has 0 fully saturated rings. The number of anilines is 1. The molecule has 0 saturated heterocycles. The van der Waals surface area contributed by atoms with Crippen LogP contribution in [0.3, 0.4) is 0 Å². The van der Waals surface area contributed by atoms with Gasteiger partial charge in [0.25, 0.3) is 0 Å². The highest BCUT2D eigenvalue weighted by molar-refractivity contribution is 7.91. The van der Waals surface area contributed by atoms with E-state index in [9.17, 15) is 4.21 Å². The third-order valence-electron chi connectivity index (χ3n) is 2.79. The molecule has 0 amide bonds. The highest BCUT2D eigenvalue weighted by atomic mass is 32.2. The van der Waals surface area contributed by atoms with Crippen molar-refractivity contribution < 1.29 is 4.21 Å². The molecule has 0 aliphatic carbocycles. The molecule has 19 heavy (non-hydrogen) atoms. The number of nitrogens with one attached hydrogen (secondary N) is 1. The molecule has 108 valence electrons. The Bertz CT molecular complexity index is 493. The summed E-state index contributed by atoms with van der Waals surface area (Å²) in [6.07, 6.45) is 4.05. The van der Waals surface area contributed by atoms with Gasteiger partial charge in [-0.1, -0.05) is 32.8 Å². The molecule has 3 N–H and O–H groups in total. The summed E-state index contributed by atoms with van der Waals surface area (Å²) in [5.41, 5.74) is 6.39. The fourth-order valence-electron chi connectivity index (χ4n) is 1.63. The molecule has 0 aliphatic rings. The van der Waals surface area contributed by atoms with Gasteiger partial charge in [0, 0.05) is 18.8 Å². The maximum Gasteiger partial charge on any atom is 0.137 e. The molecule has 0 aromatic heterocycles. The molecule has 1 rings (SSSR count). The minimum Gasteiger partial charge on any atom is -0.399 e. The van der Waals surface area contributed by atoms with Gasteiger partial charge in [0.2, 0.25) is 0 Å². The first-order chi connectivity index (χ1) is 9.12. The Kier molecular flexibility index (Phi) is 6.87. The Morgan fingerprint density at radius 1 is 1.26 bits per heavy atom. The summed E-state index contributed by atoms with van der Waals surface area (Å²) < 4.78 is 20.5. The number of nitrogen functional groups attached to an aromatic ring is 1. The second-order valence-electron chi connectivity index (χ2n) is 4.55. The zero-order valence-corrected chi connectivity index (χ0v) is 12.7. The van der Waals surface area contributed by atoms with Crippen molar-refractivity contribution in [2.75, 3.05) is 18.8 Å². The van der Waals surface area contributed by atoms with Gasteiger partial charge < -0.3 is 5.73 Å². The first kappa shape index (κ1) is 16.0. The van der Waals surface area contributed by atoms with Crippen LogP contribution in [0.4, 0.5) is 5.69 Å². The summed E-state index contributed by atoms with van der Waals surface area (Å²) in [6, 6.07) is 7.19. The first-order valence-corrected chi connectivity index (χ1v) is 8.47. The number of unbranched alkanes of at least 4 members (excludes halogenated alkanes) is 2. The van der Waals surface area contributed by atoms with Gasteiger partial charge in [-0.05, 0) is 31.0 Å². The minimum atomic E-state index is -2.54. The predicted octanol–water partition coefficient (Wildman–Crippen LogP) is 3.20. The quantitative estimate of drug-likeness (QED) is 0.568. The fraction of sp³-hybridized carbons (Fsp3) is 0.571. The van der Waals surface area contributed by atoms with E-state index in [-0.39, 0.29) is 0 Å². The van der Waals surface area contributed by atoms with Crippen molar-refractivity contribution in [3.8, 4) is 0 Å². The lowest BCUT2D eigenvalue weighted by molar-refractivity contribution is 0.653. The van der Waals surface area contributed by atoms with E-state index >= 15 is 0 Å². The number of hydrogen-bond donors (Lipinski definition) is 2. The zero-order valence-electron chi connectivity index (χ0n) is 11.9. The maximum absolute atomic E-state index is 13.0. The Hall–Kier alpha value is -1.07. The summed E-state index contributed by atoms with van der Waals surface area (Å²) >= 11 is 0. The van der Waals surface area contributed by atoms with Gasteiger partial charge in [0.1, 0.15) is 9.92 Å². The minimum absolute atomic E-state index is 0.614. The predicted molar refractivity (Wildman–Crippen MR) is 82.4 cm³/mol. The van der Waals surface area contributed by atoms with Crippen LogP contribution in [-0.2, 0) is 9.92 Å². The molecule has 1 atom stereocenters. The van der Waals surface area contributed by atoms with E-state index in [1.165, 1.54) is 0 Å². The highest BCUT2D eigenvalue weighted by Gasteiger charge is 2.11. The average Bonchev–Trinajstić information content (AvgIpc) is 2.39. The summed E-state index contributed by atoms with van der Waals surface area (Å²) in [5.74, 6) is 0. The molecule has 0 saturated carbocycles. The van der Waals surface area contributed by atoms with Crippen LogP contribution in [0.15, 0.2) is 33.5 Å². The molecule has 0 radical (unpaired) electrons. The van der Waals surface area contributed by atoms with Crippen LogP contribution in [0.1, 0.15) is 39.5 Å². The van der Waals surface area contributed by atoms with Crippen LogP contribution in [0, 0.1) is 0 Å². The molecule has 0 heterocycles. The standard InChI is InChI=1S/C14H25N3OS/c1-3-5-10-16-19(18,17-11-6-4-2)14-9-7-8-13(15)12-14/h7-9,12H,3-6,10-11,15H2,1-2H3,(H,16,17,18). The van der Waals surface area contributed by atoms with Gasteiger partial charge in [-0.2, -0.15) is 0 Å². The molecule has 0 bridgehead atoms. The van der Waals surface area contributed by atoms with Crippen molar-refractivity contribution in [2.24, 2.45) is 4.36 Å². The summed E-state index contributed by atoms with van der Waals surface area (Å²) in [5, 5.41) is 0. The van der Waals surface area contributed by atoms with E-state index in [2.05, 4.69) is 22.9 Å². The number of benzene rings is 1. The van der Waals surface area contributed by atoms with Crippen LogP contribution in [0.2, 0.25) is 0 Å². The van der Waals surface area contributed by atoms with Crippen LogP contribution < -0.4 is 10.5 Å². The second kappa shape index (κ2) is 8.17. The largest absolute Gasteiger partial charge is 0.399 e. The van der Waals surface area contributed by atoms with Gasteiger partial charge in [0.15, 0.2) is 0 Å². The van der Waals surface area contributed by atoms with E-state index in [1.54, 1.807) is 12.1 Å². The van der Waals surface area contributed by atoms with Gasteiger partial charge in [0.05, 0.1) is 4.90 Å². The fourth-order valence-corrected chi connectivity index (χ4v) is 3.40. The zero-order chi connectivity index (χ0) is 14.1. The van der Waals surface area contributed by atoms with Crippen molar-refractivity contribution in [1.29, 1.82) is 0 Å². The average molecular weight is 283 g/mol. The van der Waals surface area contributed by atoms with Crippen LogP contribution in [-0.4, -0.2) is 17.3 Å². The van der Waals surface area contributed by atoms with Gasteiger partial charge in [-0.15, -0.1) is 0 Å². The van der Waals surface area contributed by atoms with Gasteiger partial charge in [-0.25, -0.2) is 13.3 Å². The third kappa shape index (κ3) is 5.20. The lowest BCUT2D eigenvalue weighted by Crippen LogP contribution is -2.25. The Labute approximate surface area is 117 Å². The van der Waals surface area contributed by atoms with Crippen molar-refractivity contribution in [3.63, 3.8) is 0 Å². The smallest absolute Gasteiger partial charge is 0.137 e. The van der Waals surface area contributed by atoms with Crippen LogP contribution >= 0.6 is 0 Å². The van der Waals surface area contributed by atoms with E-state index in [0.29, 0.717) is 23.7 Å². The van der Waals surface area contributed by atoms with Crippen molar-refractivity contribution in [3.05, 3.63) is 24.3 Å². The maximum atomic E-state index is 13.0. The molecule has 5 heteroatoms. The first-order valence-electron chi connectivity index (χ1n) is 6.95. The topological polar surface area (TPSA) is 67.5 Å². The van der Waals surface area contributed by atoms with Crippen molar-refractivity contribution in [2.45, 2.75) is 44.4 Å². The molecule has 4 nitrogen and oxygen atoms in total. The van der Waals surface area contributed by atoms with E-state index in [4.69, 9.17) is 5.73 Å². The molecule has 1 aromatic carbocycles. The second-order valence-corrected chi connectivity index (χ2v) is 6.62. The van der Waals surface area contributed by atoms with Crippen molar-refractivity contribution in [1.82, 2.24) is 4.72 Å². The van der Waals surface area contributed by atoms with E-state index < -0.39 is 9.92 Å². The highest BCUT2D eigenvalue weighted by Crippen LogP contribution is 2.15.